The highest BCUT2D eigenvalue weighted by Crippen LogP contribution is 2.41. The van der Waals surface area contributed by atoms with Crippen molar-refractivity contribution in [1.82, 2.24) is 4.90 Å². The summed E-state index contributed by atoms with van der Waals surface area (Å²) in [5.41, 5.74) is 1.99. The van der Waals surface area contributed by atoms with E-state index in [1.807, 2.05) is 11.8 Å². The second-order valence-electron chi connectivity index (χ2n) is 7.32. The van der Waals surface area contributed by atoms with E-state index in [1.165, 1.54) is 22.8 Å². The van der Waals surface area contributed by atoms with Gasteiger partial charge in [0, 0.05) is 23.5 Å². The SMILES string of the molecule is C=C(SC1=C(C)CCN(C(C)(C)C)C1)C(C)(C)C. The monoisotopic (exact) mass is 267 g/mol. The second kappa shape index (κ2) is 5.42. The molecule has 0 amide bonds. The molecule has 0 radical (unpaired) electrons. The Morgan fingerprint density at radius 3 is 2.17 bits per heavy atom. The van der Waals surface area contributed by atoms with Crippen molar-refractivity contribution < 1.29 is 0 Å². The molecule has 2 heteroatoms. The van der Waals surface area contributed by atoms with Crippen LogP contribution in [0.15, 0.2) is 22.0 Å². The van der Waals surface area contributed by atoms with E-state index in [-0.39, 0.29) is 11.0 Å². The maximum absolute atomic E-state index is 4.25. The fourth-order valence-electron chi connectivity index (χ4n) is 1.82. The van der Waals surface area contributed by atoms with Crippen molar-refractivity contribution in [3.63, 3.8) is 0 Å². The van der Waals surface area contributed by atoms with Crippen LogP contribution in [0.4, 0.5) is 0 Å². The predicted molar refractivity (Wildman–Crippen MR) is 84.8 cm³/mol. The van der Waals surface area contributed by atoms with Crippen LogP contribution < -0.4 is 0 Å². The lowest BCUT2D eigenvalue weighted by Crippen LogP contribution is -2.44. The zero-order valence-corrected chi connectivity index (χ0v) is 14.0. The first-order valence-corrected chi connectivity index (χ1v) is 7.64. The summed E-state index contributed by atoms with van der Waals surface area (Å²) >= 11 is 1.90. The van der Waals surface area contributed by atoms with Crippen LogP contribution in [0.25, 0.3) is 0 Å². The number of hydrogen-bond acceptors (Lipinski definition) is 2. The fraction of sp³-hybridized carbons (Fsp3) is 0.750. The molecule has 0 aromatic heterocycles. The molecule has 1 aliphatic heterocycles. The second-order valence-corrected chi connectivity index (χ2v) is 8.51. The van der Waals surface area contributed by atoms with Gasteiger partial charge in [0.05, 0.1) is 0 Å². The van der Waals surface area contributed by atoms with Gasteiger partial charge < -0.3 is 0 Å². The van der Waals surface area contributed by atoms with Crippen molar-refractivity contribution in [3.05, 3.63) is 22.0 Å². The van der Waals surface area contributed by atoms with Crippen molar-refractivity contribution in [1.29, 1.82) is 0 Å². The summed E-state index contributed by atoms with van der Waals surface area (Å²) in [6.45, 7) is 22.4. The van der Waals surface area contributed by atoms with E-state index in [0.717, 1.165) is 6.54 Å². The van der Waals surface area contributed by atoms with Crippen LogP contribution in [0.3, 0.4) is 0 Å². The minimum Gasteiger partial charge on any atom is -0.293 e. The lowest BCUT2D eigenvalue weighted by molar-refractivity contribution is 0.147. The van der Waals surface area contributed by atoms with E-state index in [9.17, 15) is 0 Å². The molecule has 0 saturated carbocycles. The summed E-state index contributed by atoms with van der Waals surface area (Å²) in [6, 6.07) is 0. The zero-order chi connectivity index (χ0) is 14.1. The zero-order valence-electron chi connectivity index (χ0n) is 13.2. The molecule has 0 unspecified atom stereocenters. The number of hydrogen-bond donors (Lipinski definition) is 0. The Hall–Kier alpha value is -0.210. The average molecular weight is 267 g/mol. The van der Waals surface area contributed by atoms with Gasteiger partial charge in [0.1, 0.15) is 0 Å². The molecule has 0 spiro atoms. The average Bonchev–Trinajstić information content (AvgIpc) is 2.18. The molecule has 1 nitrogen and oxygen atoms in total. The Morgan fingerprint density at radius 1 is 1.17 bits per heavy atom. The van der Waals surface area contributed by atoms with Crippen molar-refractivity contribution in [2.24, 2.45) is 5.41 Å². The first kappa shape index (κ1) is 15.8. The summed E-state index contributed by atoms with van der Waals surface area (Å²) in [5.74, 6) is 0. The maximum atomic E-state index is 4.25. The van der Waals surface area contributed by atoms with Gasteiger partial charge in [0.15, 0.2) is 0 Å². The number of nitrogens with zero attached hydrogens (tertiary/aromatic N) is 1. The van der Waals surface area contributed by atoms with Crippen LogP contribution in [-0.4, -0.2) is 23.5 Å². The van der Waals surface area contributed by atoms with Crippen LogP contribution in [0.5, 0.6) is 0 Å². The standard InChI is InChI=1S/C16H29NS/c1-12-9-10-17(16(6,7)8)11-14(12)18-13(2)15(3,4)5/h2,9-11H2,1,3-8H3. The van der Waals surface area contributed by atoms with Gasteiger partial charge in [-0.1, -0.05) is 44.7 Å². The van der Waals surface area contributed by atoms with Crippen molar-refractivity contribution in [2.75, 3.05) is 13.1 Å². The molecule has 0 bridgehead atoms. The van der Waals surface area contributed by atoms with Crippen LogP contribution in [0.1, 0.15) is 54.9 Å². The Kier molecular flexibility index (Phi) is 4.77. The third-order valence-corrected chi connectivity index (χ3v) is 5.18. The summed E-state index contributed by atoms with van der Waals surface area (Å²) in [6.07, 6.45) is 1.19. The molecule has 18 heavy (non-hydrogen) atoms. The van der Waals surface area contributed by atoms with Crippen molar-refractivity contribution in [2.45, 2.75) is 60.4 Å². The third kappa shape index (κ3) is 4.17. The molecule has 0 saturated heterocycles. The van der Waals surface area contributed by atoms with Gasteiger partial charge in [-0.3, -0.25) is 4.90 Å². The van der Waals surface area contributed by atoms with Crippen LogP contribution >= 0.6 is 11.8 Å². The normalized spacial score (nSPS) is 19.3. The molecule has 1 aliphatic rings. The van der Waals surface area contributed by atoms with Gasteiger partial charge in [-0.05, 0) is 44.4 Å². The number of rotatable bonds is 2. The highest BCUT2D eigenvalue weighted by Gasteiger charge is 2.27. The Bertz CT molecular complexity index is 352. The van der Waals surface area contributed by atoms with E-state index in [4.69, 9.17) is 0 Å². The molecule has 0 atom stereocenters. The molecule has 1 rings (SSSR count). The highest BCUT2D eigenvalue weighted by atomic mass is 32.2. The lowest BCUT2D eigenvalue weighted by Gasteiger charge is -2.40. The van der Waals surface area contributed by atoms with Crippen LogP contribution in [0.2, 0.25) is 0 Å². The third-order valence-electron chi connectivity index (χ3n) is 3.60. The molecular formula is C16H29NS. The molecule has 104 valence electrons. The number of allylic oxidation sites excluding steroid dienone is 1. The van der Waals surface area contributed by atoms with Gasteiger partial charge in [-0.15, -0.1) is 0 Å². The topological polar surface area (TPSA) is 3.24 Å². The van der Waals surface area contributed by atoms with Gasteiger partial charge >= 0.3 is 0 Å². The summed E-state index contributed by atoms with van der Waals surface area (Å²) in [4.78, 5) is 5.35. The highest BCUT2D eigenvalue weighted by molar-refractivity contribution is 8.06. The molecule has 0 aromatic rings. The minimum absolute atomic E-state index is 0.182. The maximum Gasteiger partial charge on any atom is 0.0301 e. The molecular weight excluding hydrogens is 238 g/mol. The summed E-state index contributed by atoms with van der Waals surface area (Å²) in [5, 5.41) is 0. The Morgan fingerprint density at radius 2 is 1.72 bits per heavy atom. The first-order valence-electron chi connectivity index (χ1n) is 6.82. The van der Waals surface area contributed by atoms with Crippen LogP contribution in [-0.2, 0) is 0 Å². The van der Waals surface area contributed by atoms with Gasteiger partial charge in [0.25, 0.3) is 0 Å². The number of thioether (sulfide) groups is 1. The predicted octanol–water partition coefficient (Wildman–Crippen LogP) is 5.06. The Balaban J connectivity index is 2.79. The molecule has 0 aliphatic carbocycles. The Labute approximate surface area is 118 Å². The summed E-state index contributed by atoms with van der Waals surface area (Å²) < 4.78 is 0. The minimum atomic E-state index is 0.182. The smallest absolute Gasteiger partial charge is 0.0301 e. The van der Waals surface area contributed by atoms with E-state index in [1.54, 1.807) is 5.57 Å². The fourth-order valence-corrected chi connectivity index (χ4v) is 2.92. The molecule has 0 aromatic carbocycles. The quantitative estimate of drug-likeness (QED) is 0.688. The molecule has 1 heterocycles. The van der Waals surface area contributed by atoms with E-state index in [2.05, 4.69) is 59.9 Å². The first-order chi connectivity index (χ1) is 8.01. The van der Waals surface area contributed by atoms with Gasteiger partial charge in [0.2, 0.25) is 0 Å². The van der Waals surface area contributed by atoms with Gasteiger partial charge in [-0.25, -0.2) is 0 Å². The largest absolute Gasteiger partial charge is 0.293 e. The van der Waals surface area contributed by atoms with E-state index < -0.39 is 0 Å². The van der Waals surface area contributed by atoms with Gasteiger partial charge in [-0.2, -0.15) is 0 Å². The molecule has 0 N–H and O–H groups in total. The van der Waals surface area contributed by atoms with E-state index in [0.29, 0.717) is 0 Å². The van der Waals surface area contributed by atoms with Crippen LogP contribution in [0, 0.1) is 5.41 Å². The van der Waals surface area contributed by atoms with E-state index >= 15 is 0 Å². The summed E-state index contributed by atoms with van der Waals surface area (Å²) in [7, 11) is 0. The van der Waals surface area contributed by atoms with Crippen molar-refractivity contribution >= 4 is 11.8 Å². The lowest BCUT2D eigenvalue weighted by atomic mass is 9.97. The molecule has 0 fully saturated rings. The van der Waals surface area contributed by atoms with Crippen molar-refractivity contribution in [3.8, 4) is 0 Å².